The normalized spacial score (nSPS) is 54.3. The fourth-order valence-corrected chi connectivity index (χ4v) is 4.32. The summed E-state index contributed by atoms with van der Waals surface area (Å²) >= 11 is 2.16. The minimum atomic E-state index is 0.641. The molecule has 0 radical (unpaired) electrons. The predicted octanol–water partition coefficient (Wildman–Crippen LogP) is 2.16. The van der Waals surface area contributed by atoms with Crippen LogP contribution in [0, 0.1) is 11.8 Å². The maximum Gasteiger partial charge on any atom is 0.0504 e. The molecule has 11 heavy (non-hydrogen) atoms. The minimum Gasteiger partial charge on any atom is -0.384 e. The van der Waals surface area contributed by atoms with Crippen LogP contribution in [0.5, 0.6) is 0 Å². The minimum absolute atomic E-state index is 0.641. The molecule has 2 aliphatic rings. The van der Waals surface area contributed by atoms with E-state index in [9.17, 15) is 0 Å². The molecule has 0 amide bonds. The Balaban J connectivity index is 2.00. The molecule has 0 bridgehead atoms. The van der Waals surface area contributed by atoms with E-state index in [1.807, 2.05) is 7.11 Å². The third-order valence-corrected chi connectivity index (χ3v) is 4.91. The Labute approximate surface area is 72.9 Å². The summed E-state index contributed by atoms with van der Waals surface area (Å²) in [6, 6.07) is 0. The second-order valence-corrected chi connectivity index (χ2v) is 5.98. The molecular formula is C9H16OS. The highest BCUT2D eigenvalue weighted by molar-refractivity contribution is 8.01. The molecule has 2 heteroatoms. The third kappa shape index (κ3) is 1.11. The number of hydrogen-bond donors (Lipinski definition) is 0. The van der Waals surface area contributed by atoms with Crippen LogP contribution in [0.25, 0.3) is 0 Å². The zero-order chi connectivity index (χ0) is 8.06. The Kier molecular flexibility index (Phi) is 1.73. The Morgan fingerprint density at radius 3 is 2.82 bits per heavy atom. The number of ether oxygens (including phenoxy) is 1. The first kappa shape index (κ1) is 7.93. The Morgan fingerprint density at radius 2 is 2.36 bits per heavy atom. The average Bonchev–Trinajstić information content (AvgIpc) is 2.50. The summed E-state index contributed by atoms with van der Waals surface area (Å²) < 4.78 is 5.87. The third-order valence-electron chi connectivity index (χ3n) is 3.18. The lowest BCUT2D eigenvalue weighted by Gasteiger charge is -2.16. The molecule has 1 saturated carbocycles. The van der Waals surface area contributed by atoms with Crippen molar-refractivity contribution in [3.05, 3.63) is 0 Å². The number of rotatable bonds is 2. The van der Waals surface area contributed by atoms with Crippen molar-refractivity contribution in [2.45, 2.75) is 30.3 Å². The molecule has 0 aromatic heterocycles. The first-order chi connectivity index (χ1) is 5.17. The molecule has 1 aliphatic heterocycles. The quantitative estimate of drug-likeness (QED) is 0.631. The van der Waals surface area contributed by atoms with Crippen molar-refractivity contribution < 1.29 is 4.74 Å². The largest absolute Gasteiger partial charge is 0.384 e. The molecule has 1 nitrogen and oxygen atoms in total. The summed E-state index contributed by atoms with van der Waals surface area (Å²) in [5.74, 6) is 1.79. The molecular weight excluding hydrogens is 156 g/mol. The van der Waals surface area contributed by atoms with Crippen LogP contribution in [0.3, 0.4) is 0 Å². The monoisotopic (exact) mass is 172 g/mol. The van der Waals surface area contributed by atoms with E-state index in [2.05, 4.69) is 25.6 Å². The molecule has 1 heterocycles. The van der Waals surface area contributed by atoms with Crippen molar-refractivity contribution in [1.82, 2.24) is 0 Å². The van der Waals surface area contributed by atoms with Crippen LogP contribution in [-0.2, 0) is 4.74 Å². The van der Waals surface area contributed by atoms with Crippen LogP contribution in [0.4, 0.5) is 0 Å². The van der Waals surface area contributed by atoms with Crippen LogP contribution in [0.2, 0.25) is 0 Å². The summed E-state index contributed by atoms with van der Waals surface area (Å²) in [6.45, 7) is 5.70. The van der Waals surface area contributed by atoms with Gasteiger partial charge in [-0.05, 0) is 18.3 Å². The van der Waals surface area contributed by atoms with E-state index in [4.69, 9.17) is 4.74 Å². The fourth-order valence-electron chi connectivity index (χ4n) is 2.40. The summed E-state index contributed by atoms with van der Waals surface area (Å²) in [7, 11) is 1.81. The maximum atomic E-state index is 5.22. The first-order valence-corrected chi connectivity index (χ1v) is 5.22. The molecule has 2 rings (SSSR count). The average molecular weight is 172 g/mol. The van der Waals surface area contributed by atoms with Crippen molar-refractivity contribution in [2.24, 2.45) is 11.8 Å². The van der Waals surface area contributed by atoms with Gasteiger partial charge in [-0.2, -0.15) is 11.8 Å². The van der Waals surface area contributed by atoms with Crippen LogP contribution >= 0.6 is 11.8 Å². The van der Waals surface area contributed by atoms with E-state index < -0.39 is 0 Å². The first-order valence-electron chi connectivity index (χ1n) is 4.34. The Bertz CT molecular complexity index is 171. The summed E-state index contributed by atoms with van der Waals surface area (Å²) in [6.07, 6.45) is 1.43. The molecule has 64 valence electrons. The smallest absolute Gasteiger partial charge is 0.0504 e. The van der Waals surface area contributed by atoms with Gasteiger partial charge >= 0.3 is 0 Å². The van der Waals surface area contributed by atoms with Crippen LogP contribution in [0.1, 0.15) is 20.3 Å². The van der Waals surface area contributed by atoms with Gasteiger partial charge in [0.05, 0.1) is 6.61 Å². The predicted molar refractivity (Wildman–Crippen MR) is 48.9 cm³/mol. The number of thioether (sulfide) groups is 1. The summed E-state index contributed by atoms with van der Waals surface area (Å²) in [5.41, 5.74) is 0. The van der Waals surface area contributed by atoms with Crippen molar-refractivity contribution in [2.75, 3.05) is 13.7 Å². The molecule has 0 aromatic carbocycles. The van der Waals surface area contributed by atoms with E-state index >= 15 is 0 Å². The van der Waals surface area contributed by atoms with Crippen molar-refractivity contribution >= 4 is 11.8 Å². The van der Waals surface area contributed by atoms with Crippen molar-refractivity contribution in [3.8, 4) is 0 Å². The van der Waals surface area contributed by atoms with E-state index in [-0.39, 0.29) is 0 Å². The number of fused-ring (bicyclic) bond motifs is 1. The lowest BCUT2D eigenvalue weighted by Crippen LogP contribution is -2.17. The van der Waals surface area contributed by atoms with Gasteiger partial charge in [-0.15, -0.1) is 0 Å². The summed E-state index contributed by atoms with van der Waals surface area (Å²) in [5, 5.41) is 0.818. The van der Waals surface area contributed by atoms with Gasteiger partial charge in [0.25, 0.3) is 0 Å². The van der Waals surface area contributed by atoms with Gasteiger partial charge in [0, 0.05) is 17.1 Å². The van der Waals surface area contributed by atoms with Gasteiger partial charge in [-0.25, -0.2) is 0 Å². The van der Waals surface area contributed by atoms with E-state index in [0.29, 0.717) is 4.75 Å². The van der Waals surface area contributed by atoms with Crippen molar-refractivity contribution in [1.29, 1.82) is 0 Å². The van der Waals surface area contributed by atoms with Crippen LogP contribution in [-0.4, -0.2) is 23.7 Å². The second-order valence-electron chi connectivity index (χ2n) is 4.07. The highest BCUT2D eigenvalue weighted by Gasteiger charge is 2.61. The molecule has 2 fully saturated rings. The highest BCUT2D eigenvalue weighted by atomic mass is 32.2. The van der Waals surface area contributed by atoms with E-state index in [0.717, 1.165) is 23.7 Å². The zero-order valence-corrected chi connectivity index (χ0v) is 8.28. The van der Waals surface area contributed by atoms with Gasteiger partial charge < -0.3 is 4.74 Å². The van der Waals surface area contributed by atoms with Crippen LogP contribution < -0.4 is 0 Å². The van der Waals surface area contributed by atoms with Crippen LogP contribution in [0.15, 0.2) is 0 Å². The van der Waals surface area contributed by atoms with Crippen molar-refractivity contribution in [3.63, 3.8) is 0 Å². The van der Waals surface area contributed by atoms with Gasteiger partial charge in [-0.1, -0.05) is 13.8 Å². The molecule has 0 N–H and O–H groups in total. The molecule has 1 saturated heterocycles. The molecule has 0 spiro atoms. The Hall–Kier alpha value is 0.310. The van der Waals surface area contributed by atoms with E-state index in [1.165, 1.54) is 6.42 Å². The second kappa shape index (κ2) is 2.40. The standard InChI is InChI=1S/C9H16OS/c1-6-7(5-10-3)8-4-9(8,2)11-6/h6-8H,4-5H2,1-3H3. The van der Waals surface area contributed by atoms with Gasteiger partial charge in [-0.3, -0.25) is 0 Å². The molecule has 0 aromatic rings. The molecule has 1 aliphatic carbocycles. The molecule has 4 unspecified atom stereocenters. The van der Waals surface area contributed by atoms with E-state index in [1.54, 1.807) is 0 Å². The Morgan fingerprint density at radius 1 is 1.64 bits per heavy atom. The van der Waals surface area contributed by atoms with Gasteiger partial charge in [0.15, 0.2) is 0 Å². The summed E-state index contributed by atoms with van der Waals surface area (Å²) in [4.78, 5) is 0. The number of methoxy groups -OCH3 is 1. The molecule has 4 atom stereocenters. The SMILES string of the molecule is COCC1C(C)SC2(C)CC12. The topological polar surface area (TPSA) is 9.23 Å². The lowest BCUT2D eigenvalue weighted by atomic mass is 10.0. The maximum absolute atomic E-state index is 5.22. The van der Waals surface area contributed by atoms with Gasteiger partial charge in [0.1, 0.15) is 0 Å². The fraction of sp³-hybridized carbons (Fsp3) is 1.00. The number of hydrogen-bond acceptors (Lipinski definition) is 2. The zero-order valence-electron chi connectivity index (χ0n) is 7.46. The van der Waals surface area contributed by atoms with Gasteiger partial charge in [0.2, 0.25) is 0 Å². The lowest BCUT2D eigenvalue weighted by molar-refractivity contribution is 0.144. The highest BCUT2D eigenvalue weighted by Crippen LogP contribution is 2.66.